The van der Waals surface area contributed by atoms with Gasteiger partial charge in [-0.15, -0.1) is 0 Å². The van der Waals surface area contributed by atoms with Crippen LogP contribution in [0.3, 0.4) is 0 Å². The molecule has 0 aliphatic heterocycles. The molecule has 1 aromatic heterocycles. The van der Waals surface area contributed by atoms with Crippen molar-refractivity contribution in [2.24, 2.45) is 0 Å². The Morgan fingerprint density at radius 1 is 1.19 bits per heavy atom. The zero-order valence-electron chi connectivity index (χ0n) is 11.6. The predicted molar refractivity (Wildman–Crippen MR) is 74.1 cm³/mol. The summed E-state index contributed by atoms with van der Waals surface area (Å²) in [4.78, 5) is 5.50. The fourth-order valence-corrected chi connectivity index (χ4v) is 2.04. The maximum absolute atomic E-state index is 13.0. The molecule has 0 saturated heterocycles. The first-order valence-corrected chi connectivity index (χ1v) is 6.27. The summed E-state index contributed by atoms with van der Waals surface area (Å²) in [6.07, 6.45) is -3.79. The van der Waals surface area contributed by atoms with Gasteiger partial charge in [0.2, 0.25) is 0 Å². The van der Waals surface area contributed by atoms with Crippen LogP contribution in [0.1, 0.15) is 22.8 Å². The van der Waals surface area contributed by atoms with Crippen LogP contribution in [0.15, 0.2) is 42.7 Å². The average molecular weight is 296 g/mol. The number of alkyl halides is 3. The van der Waals surface area contributed by atoms with Crippen molar-refractivity contribution in [2.75, 3.05) is 19.0 Å². The van der Waals surface area contributed by atoms with Crippen molar-refractivity contribution in [1.29, 1.82) is 0 Å². The lowest BCUT2D eigenvalue weighted by molar-refractivity contribution is -0.139. The molecule has 1 heterocycles. The second kappa shape index (κ2) is 5.73. The van der Waals surface area contributed by atoms with Crippen molar-refractivity contribution in [2.45, 2.75) is 12.3 Å². The highest BCUT2D eigenvalue weighted by Crippen LogP contribution is 2.36. The standard InChI is InChI=1S/C15H15F3N2O/c1-20(2)11-5-3-4-10(8-11)14(21)12-9-19-7-6-13(12)15(16,17)18/h3-9,14,21H,1-2H3. The van der Waals surface area contributed by atoms with Crippen LogP contribution in [0.4, 0.5) is 18.9 Å². The summed E-state index contributed by atoms with van der Waals surface area (Å²) in [7, 11) is 3.63. The largest absolute Gasteiger partial charge is 0.416 e. The summed E-state index contributed by atoms with van der Waals surface area (Å²) < 4.78 is 39.0. The van der Waals surface area contributed by atoms with E-state index < -0.39 is 17.8 Å². The molecule has 1 unspecified atom stereocenters. The van der Waals surface area contributed by atoms with Gasteiger partial charge in [0, 0.05) is 37.7 Å². The molecule has 0 radical (unpaired) electrons. The predicted octanol–water partition coefficient (Wildman–Crippen LogP) is 3.25. The first-order valence-electron chi connectivity index (χ1n) is 6.27. The Labute approximate surface area is 120 Å². The second-order valence-electron chi connectivity index (χ2n) is 4.85. The van der Waals surface area contributed by atoms with Gasteiger partial charge in [0.15, 0.2) is 0 Å². The summed E-state index contributed by atoms with van der Waals surface area (Å²) >= 11 is 0. The highest BCUT2D eigenvalue weighted by Gasteiger charge is 2.35. The first-order chi connectivity index (χ1) is 9.80. The molecule has 1 aromatic carbocycles. The Balaban J connectivity index is 2.46. The van der Waals surface area contributed by atoms with E-state index in [0.29, 0.717) is 5.56 Å². The number of hydrogen-bond acceptors (Lipinski definition) is 3. The summed E-state index contributed by atoms with van der Waals surface area (Å²) in [5.41, 5.74) is 0.0601. The van der Waals surface area contributed by atoms with Crippen molar-refractivity contribution in [3.05, 3.63) is 59.4 Å². The second-order valence-corrected chi connectivity index (χ2v) is 4.85. The van der Waals surface area contributed by atoms with Gasteiger partial charge in [-0.3, -0.25) is 4.98 Å². The van der Waals surface area contributed by atoms with Gasteiger partial charge in [0.1, 0.15) is 6.10 Å². The van der Waals surface area contributed by atoms with Crippen LogP contribution < -0.4 is 4.90 Å². The van der Waals surface area contributed by atoms with E-state index in [4.69, 9.17) is 0 Å². The van der Waals surface area contributed by atoms with Crippen LogP contribution in [0, 0.1) is 0 Å². The summed E-state index contributed by atoms with van der Waals surface area (Å²) in [6, 6.07) is 7.61. The topological polar surface area (TPSA) is 36.4 Å². The van der Waals surface area contributed by atoms with Gasteiger partial charge in [-0.05, 0) is 23.8 Å². The molecule has 0 aliphatic rings. The Kier molecular flexibility index (Phi) is 4.18. The molecule has 1 N–H and O–H groups in total. The lowest BCUT2D eigenvalue weighted by atomic mass is 9.98. The third kappa shape index (κ3) is 3.33. The zero-order valence-corrected chi connectivity index (χ0v) is 11.6. The smallest absolute Gasteiger partial charge is 0.384 e. The number of aliphatic hydroxyl groups is 1. The third-order valence-corrected chi connectivity index (χ3v) is 3.15. The minimum Gasteiger partial charge on any atom is -0.384 e. The Morgan fingerprint density at radius 3 is 2.52 bits per heavy atom. The van der Waals surface area contributed by atoms with Gasteiger partial charge in [-0.2, -0.15) is 13.2 Å². The maximum Gasteiger partial charge on any atom is 0.416 e. The molecule has 112 valence electrons. The van der Waals surface area contributed by atoms with Crippen LogP contribution in [0.5, 0.6) is 0 Å². The quantitative estimate of drug-likeness (QED) is 0.944. The molecule has 3 nitrogen and oxygen atoms in total. The molecule has 21 heavy (non-hydrogen) atoms. The van der Waals surface area contributed by atoms with Gasteiger partial charge in [0.05, 0.1) is 5.56 Å². The molecule has 2 aromatic rings. The van der Waals surface area contributed by atoms with Crippen LogP contribution in [-0.4, -0.2) is 24.2 Å². The van der Waals surface area contributed by atoms with Crippen molar-refractivity contribution in [1.82, 2.24) is 4.98 Å². The summed E-state index contributed by atoms with van der Waals surface area (Å²) in [5.74, 6) is 0. The van der Waals surface area contributed by atoms with Crippen LogP contribution in [0.2, 0.25) is 0 Å². The minimum atomic E-state index is -4.53. The molecule has 0 bridgehead atoms. The van der Waals surface area contributed by atoms with Crippen LogP contribution in [-0.2, 0) is 6.18 Å². The first kappa shape index (κ1) is 15.3. The van der Waals surface area contributed by atoms with Crippen molar-refractivity contribution in [3.63, 3.8) is 0 Å². The number of rotatable bonds is 3. The van der Waals surface area contributed by atoms with Crippen LogP contribution in [0.25, 0.3) is 0 Å². The van der Waals surface area contributed by atoms with Gasteiger partial charge in [-0.25, -0.2) is 0 Å². The Hall–Kier alpha value is -2.08. The average Bonchev–Trinajstić information content (AvgIpc) is 2.45. The molecular weight excluding hydrogens is 281 g/mol. The molecule has 6 heteroatoms. The number of benzene rings is 1. The molecule has 0 fully saturated rings. The van der Waals surface area contributed by atoms with E-state index in [1.807, 2.05) is 25.1 Å². The fourth-order valence-electron chi connectivity index (χ4n) is 2.04. The van der Waals surface area contributed by atoms with E-state index in [9.17, 15) is 18.3 Å². The summed E-state index contributed by atoms with van der Waals surface area (Å²) in [5, 5.41) is 10.3. The van der Waals surface area contributed by atoms with Crippen molar-refractivity contribution in [3.8, 4) is 0 Å². The van der Waals surface area contributed by atoms with E-state index >= 15 is 0 Å². The van der Waals surface area contributed by atoms with Crippen molar-refractivity contribution >= 4 is 5.69 Å². The molecule has 0 amide bonds. The number of halogens is 3. The minimum absolute atomic E-state index is 0.249. The van der Waals surface area contributed by atoms with Gasteiger partial charge < -0.3 is 10.0 Å². The Bertz CT molecular complexity index is 626. The van der Waals surface area contributed by atoms with E-state index in [0.717, 1.165) is 24.1 Å². The molecule has 0 saturated carbocycles. The van der Waals surface area contributed by atoms with E-state index in [-0.39, 0.29) is 5.56 Å². The number of aliphatic hydroxyl groups excluding tert-OH is 1. The van der Waals surface area contributed by atoms with Crippen LogP contribution >= 0.6 is 0 Å². The number of pyridine rings is 1. The fraction of sp³-hybridized carbons (Fsp3) is 0.267. The number of anilines is 1. The lowest BCUT2D eigenvalue weighted by Gasteiger charge is -2.19. The zero-order chi connectivity index (χ0) is 15.6. The molecule has 1 atom stereocenters. The van der Waals surface area contributed by atoms with E-state index in [1.165, 1.54) is 0 Å². The molecule has 0 aliphatic carbocycles. The number of hydrogen-bond donors (Lipinski definition) is 1. The Morgan fingerprint density at radius 2 is 1.90 bits per heavy atom. The van der Waals surface area contributed by atoms with Gasteiger partial charge >= 0.3 is 6.18 Å². The monoisotopic (exact) mass is 296 g/mol. The third-order valence-electron chi connectivity index (χ3n) is 3.15. The maximum atomic E-state index is 13.0. The van der Waals surface area contributed by atoms with Gasteiger partial charge in [-0.1, -0.05) is 12.1 Å². The van der Waals surface area contributed by atoms with E-state index in [1.54, 1.807) is 18.2 Å². The van der Waals surface area contributed by atoms with E-state index in [2.05, 4.69) is 4.98 Å². The molecule has 2 rings (SSSR count). The van der Waals surface area contributed by atoms with Gasteiger partial charge in [0.25, 0.3) is 0 Å². The molecular formula is C15H15F3N2O. The highest BCUT2D eigenvalue weighted by molar-refractivity contribution is 5.49. The highest BCUT2D eigenvalue weighted by atomic mass is 19.4. The van der Waals surface area contributed by atoms with Crippen molar-refractivity contribution < 1.29 is 18.3 Å². The number of nitrogens with zero attached hydrogens (tertiary/aromatic N) is 2. The summed E-state index contributed by atoms with van der Waals surface area (Å²) in [6.45, 7) is 0. The SMILES string of the molecule is CN(C)c1cccc(C(O)c2cnccc2C(F)(F)F)c1. The lowest BCUT2D eigenvalue weighted by Crippen LogP contribution is -2.14. The normalized spacial score (nSPS) is 13.0. The number of aromatic nitrogens is 1. The molecule has 0 spiro atoms.